The number of ether oxygens (including phenoxy) is 1. The molecule has 1 aliphatic carbocycles. The van der Waals surface area contributed by atoms with Crippen LogP contribution in [0.4, 0.5) is 5.95 Å². The summed E-state index contributed by atoms with van der Waals surface area (Å²) >= 11 is 0. The molecule has 0 saturated carbocycles. The molecule has 31 heavy (non-hydrogen) atoms. The van der Waals surface area contributed by atoms with Crippen molar-refractivity contribution >= 4 is 11.9 Å². The number of anilines is 1. The zero-order valence-corrected chi connectivity index (χ0v) is 17.5. The molecule has 2 aromatic rings. The molecule has 1 atom stereocenters. The Morgan fingerprint density at radius 2 is 2.06 bits per heavy atom. The summed E-state index contributed by atoms with van der Waals surface area (Å²) in [7, 11) is 0. The third-order valence-electron chi connectivity index (χ3n) is 5.93. The van der Waals surface area contributed by atoms with Crippen molar-refractivity contribution in [3.63, 3.8) is 0 Å². The molecule has 0 saturated heterocycles. The van der Waals surface area contributed by atoms with Gasteiger partial charge in [0.15, 0.2) is 0 Å². The maximum atomic E-state index is 12.6. The van der Waals surface area contributed by atoms with Crippen molar-refractivity contribution < 1.29 is 9.53 Å². The molecule has 0 radical (unpaired) electrons. The smallest absolute Gasteiger partial charge is 0.249 e. The van der Waals surface area contributed by atoms with Gasteiger partial charge < -0.3 is 25.8 Å². The van der Waals surface area contributed by atoms with E-state index in [-0.39, 0.29) is 18.6 Å². The maximum absolute atomic E-state index is 12.6. The maximum Gasteiger partial charge on any atom is 0.249 e. The minimum Gasteiger partial charge on any atom is -0.368 e. The summed E-state index contributed by atoms with van der Waals surface area (Å²) in [4.78, 5) is 23.6. The van der Waals surface area contributed by atoms with Crippen molar-refractivity contribution in [2.45, 2.75) is 51.4 Å². The average molecular weight is 422 g/mol. The van der Waals surface area contributed by atoms with E-state index in [2.05, 4.69) is 55.9 Å². The number of hydrogen-bond donors (Lipinski definition) is 4. The molecule has 3 heterocycles. The molecule has 3 aliphatic rings. The number of carbonyl (C=O) groups excluding carboxylic acids is 1. The number of carbonyl (C=O) groups is 1. The monoisotopic (exact) mass is 421 g/mol. The predicted octanol–water partition coefficient (Wildman–Crippen LogP) is 1.15. The Morgan fingerprint density at radius 3 is 2.81 bits per heavy atom. The summed E-state index contributed by atoms with van der Waals surface area (Å²) in [5.41, 5.74) is 14.3. The number of benzene rings is 1. The van der Waals surface area contributed by atoms with E-state index in [4.69, 9.17) is 4.74 Å². The Bertz CT molecular complexity index is 984. The number of rotatable bonds is 7. The topological polar surface area (TPSA) is 103 Å². The second-order valence-electron chi connectivity index (χ2n) is 8.32. The predicted molar refractivity (Wildman–Crippen MR) is 115 cm³/mol. The molecule has 162 valence electrons. The minimum atomic E-state index is -0.0690. The third kappa shape index (κ3) is 4.47. The van der Waals surface area contributed by atoms with Gasteiger partial charge in [-0.25, -0.2) is 9.97 Å². The fourth-order valence-electron chi connectivity index (χ4n) is 4.30. The molecule has 1 unspecified atom stereocenters. The number of hydrazine groups is 2. The summed E-state index contributed by atoms with van der Waals surface area (Å²) in [5.74, 6) is 0.602. The summed E-state index contributed by atoms with van der Waals surface area (Å²) in [6, 6.07) is 8.84. The van der Waals surface area contributed by atoms with E-state index in [0.717, 1.165) is 29.8 Å². The molecule has 0 bridgehead atoms. The first-order chi connectivity index (χ1) is 15.1. The van der Waals surface area contributed by atoms with Gasteiger partial charge >= 0.3 is 0 Å². The molecular weight excluding hydrogens is 394 g/mol. The number of hydrogen-bond acceptors (Lipinski definition) is 8. The number of nitrogens with zero attached hydrogens (tertiary/aromatic N) is 3. The standard InChI is InChI=1S/C22H27N7O2/c1-14(6-19-10-24-28-27-19)31-13-21(30)29-11-17-9-23-22(26-20(17)12-29)25-18-7-15-4-2-3-5-16(15)8-18/h2-5,9-10,14,18,24,27-28H,6-8,11-13H2,1H3,(H,23,25,26). The van der Waals surface area contributed by atoms with Crippen LogP contribution in [0.2, 0.25) is 0 Å². The van der Waals surface area contributed by atoms with E-state index in [9.17, 15) is 4.79 Å². The van der Waals surface area contributed by atoms with Crippen LogP contribution in [0.3, 0.4) is 0 Å². The fourth-order valence-corrected chi connectivity index (χ4v) is 4.30. The molecule has 4 N–H and O–H groups in total. The van der Waals surface area contributed by atoms with E-state index in [0.29, 0.717) is 31.5 Å². The summed E-state index contributed by atoms with van der Waals surface area (Å²) in [6.07, 6.45) is 6.26. The van der Waals surface area contributed by atoms with Crippen molar-refractivity contribution in [1.29, 1.82) is 0 Å². The quantitative estimate of drug-likeness (QED) is 0.528. The van der Waals surface area contributed by atoms with Gasteiger partial charge in [-0.2, -0.15) is 5.53 Å². The van der Waals surface area contributed by atoms with Crippen molar-refractivity contribution in [1.82, 2.24) is 31.3 Å². The molecule has 5 rings (SSSR count). The first kappa shape index (κ1) is 19.8. The van der Waals surface area contributed by atoms with Crippen LogP contribution >= 0.6 is 0 Å². The molecule has 1 amide bonds. The molecule has 9 nitrogen and oxygen atoms in total. The molecule has 2 aliphatic heterocycles. The van der Waals surface area contributed by atoms with Gasteiger partial charge in [0.2, 0.25) is 11.9 Å². The van der Waals surface area contributed by atoms with Crippen molar-refractivity contribution in [3.8, 4) is 0 Å². The number of fused-ring (bicyclic) bond motifs is 2. The summed E-state index contributed by atoms with van der Waals surface area (Å²) in [5, 5.41) is 3.46. The van der Waals surface area contributed by atoms with Gasteiger partial charge in [-0.3, -0.25) is 4.79 Å². The highest BCUT2D eigenvalue weighted by atomic mass is 16.5. The highest BCUT2D eigenvalue weighted by molar-refractivity contribution is 5.78. The van der Waals surface area contributed by atoms with Gasteiger partial charge in [0, 0.05) is 42.7 Å². The second kappa shape index (κ2) is 8.52. The molecule has 1 aromatic carbocycles. The summed E-state index contributed by atoms with van der Waals surface area (Å²) in [6.45, 7) is 3.04. The lowest BCUT2D eigenvalue weighted by Gasteiger charge is -2.18. The lowest BCUT2D eigenvalue weighted by Crippen LogP contribution is -2.33. The highest BCUT2D eigenvalue weighted by Crippen LogP contribution is 2.25. The van der Waals surface area contributed by atoms with Crippen LogP contribution in [0.15, 0.2) is 42.4 Å². The Balaban J connectivity index is 1.13. The Morgan fingerprint density at radius 1 is 1.26 bits per heavy atom. The summed E-state index contributed by atoms with van der Waals surface area (Å²) < 4.78 is 5.74. The second-order valence-corrected chi connectivity index (χ2v) is 8.32. The van der Waals surface area contributed by atoms with Crippen LogP contribution in [0.25, 0.3) is 0 Å². The normalized spacial score (nSPS) is 18.1. The lowest BCUT2D eigenvalue weighted by molar-refractivity contribution is -0.138. The zero-order valence-electron chi connectivity index (χ0n) is 17.5. The van der Waals surface area contributed by atoms with E-state index >= 15 is 0 Å². The van der Waals surface area contributed by atoms with Gasteiger partial charge in [-0.1, -0.05) is 24.3 Å². The zero-order chi connectivity index (χ0) is 21.2. The van der Waals surface area contributed by atoms with Gasteiger partial charge in [0.05, 0.1) is 18.3 Å². The first-order valence-corrected chi connectivity index (χ1v) is 10.7. The van der Waals surface area contributed by atoms with E-state index < -0.39 is 0 Å². The SMILES string of the molecule is CC(CC1=CNNN1)OCC(=O)N1Cc2cnc(NC3Cc4ccccc4C3)nc2C1. The van der Waals surface area contributed by atoms with Crippen LogP contribution < -0.4 is 21.7 Å². The Labute approximate surface area is 181 Å². The van der Waals surface area contributed by atoms with Crippen LogP contribution in [-0.2, 0) is 35.5 Å². The van der Waals surface area contributed by atoms with Gasteiger partial charge in [-0.05, 0) is 30.9 Å². The van der Waals surface area contributed by atoms with Crippen LogP contribution in [0, 0.1) is 0 Å². The number of aromatic nitrogens is 2. The van der Waals surface area contributed by atoms with Crippen LogP contribution in [-0.4, -0.2) is 39.5 Å². The number of nitrogens with one attached hydrogen (secondary N) is 4. The first-order valence-electron chi connectivity index (χ1n) is 10.7. The van der Waals surface area contributed by atoms with Gasteiger partial charge in [0.1, 0.15) is 6.61 Å². The fraction of sp³-hybridized carbons (Fsp3) is 0.409. The van der Waals surface area contributed by atoms with E-state index in [1.54, 1.807) is 4.90 Å². The van der Waals surface area contributed by atoms with Crippen LogP contribution in [0.5, 0.6) is 0 Å². The Hall–Kier alpha value is -3.17. The van der Waals surface area contributed by atoms with Crippen molar-refractivity contribution in [2.24, 2.45) is 0 Å². The molecule has 9 heteroatoms. The Kier molecular flexibility index (Phi) is 5.44. The van der Waals surface area contributed by atoms with Gasteiger partial charge in [0.25, 0.3) is 0 Å². The largest absolute Gasteiger partial charge is 0.368 e. The van der Waals surface area contributed by atoms with Crippen molar-refractivity contribution in [3.05, 3.63) is 64.7 Å². The molecular formula is C22H27N7O2. The third-order valence-corrected chi connectivity index (χ3v) is 5.93. The average Bonchev–Trinajstić information content (AvgIpc) is 3.50. The highest BCUT2D eigenvalue weighted by Gasteiger charge is 2.27. The van der Waals surface area contributed by atoms with Crippen LogP contribution in [0.1, 0.15) is 35.7 Å². The van der Waals surface area contributed by atoms with E-state index in [1.165, 1.54) is 11.1 Å². The molecule has 1 aromatic heterocycles. The van der Waals surface area contributed by atoms with Gasteiger partial charge in [-0.15, -0.1) is 0 Å². The molecule has 0 spiro atoms. The molecule has 0 fully saturated rings. The lowest BCUT2D eigenvalue weighted by atomic mass is 10.1. The van der Waals surface area contributed by atoms with Crippen molar-refractivity contribution in [2.75, 3.05) is 11.9 Å². The minimum absolute atomic E-state index is 0.0322. The van der Waals surface area contributed by atoms with E-state index in [1.807, 2.05) is 19.3 Å². The number of amides is 1.